The maximum atomic E-state index is 12.2. The van der Waals surface area contributed by atoms with Gasteiger partial charge in [0, 0.05) is 10.1 Å². The van der Waals surface area contributed by atoms with Gasteiger partial charge in [0.15, 0.2) is 0 Å². The van der Waals surface area contributed by atoms with Crippen molar-refractivity contribution in [2.75, 3.05) is 11.1 Å². The van der Waals surface area contributed by atoms with Crippen molar-refractivity contribution >= 4 is 34.0 Å². The molecule has 1 aromatic rings. The summed E-state index contributed by atoms with van der Waals surface area (Å²) in [5.41, 5.74) is 1.92. The second-order valence-corrected chi connectivity index (χ2v) is 8.54. The number of carbonyl (C=O) groups excluding carboxylic acids is 1. The summed E-state index contributed by atoms with van der Waals surface area (Å²) in [5.74, 6) is 0.558. The van der Waals surface area contributed by atoms with Crippen molar-refractivity contribution in [1.82, 2.24) is 0 Å². The Balaban J connectivity index is 1.64. The van der Waals surface area contributed by atoms with Crippen LogP contribution in [0.4, 0.5) is 5.00 Å². The predicted octanol–water partition coefficient (Wildman–Crippen LogP) is 4.50. The monoisotopic (exact) mass is 334 g/mol. The number of hydrogen-bond acceptors (Lipinski definition) is 4. The molecule has 1 heterocycles. The quantitative estimate of drug-likeness (QED) is 0.825. The number of carbonyl (C=O) groups is 1. The lowest BCUT2D eigenvalue weighted by atomic mass is 10.1. The van der Waals surface area contributed by atoms with Crippen LogP contribution < -0.4 is 5.32 Å². The van der Waals surface area contributed by atoms with Crippen LogP contribution in [-0.4, -0.2) is 16.9 Å². The molecule has 22 heavy (non-hydrogen) atoms. The van der Waals surface area contributed by atoms with Crippen LogP contribution in [0.5, 0.6) is 0 Å². The molecule has 1 saturated carbocycles. The Morgan fingerprint density at radius 2 is 2.00 bits per heavy atom. The predicted molar refractivity (Wildman–Crippen MR) is 93.6 cm³/mol. The average molecular weight is 335 g/mol. The molecule has 0 aliphatic heterocycles. The summed E-state index contributed by atoms with van der Waals surface area (Å²) in [5, 5.41) is 13.9. The first-order valence-electron chi connectivity index (χ1n) is 8.24. The lowest BCUT2D eigenvalue weighted by molar-refractivity contribution is -0.113. The molecule has 1 aromatic heterocycles. The number of rotatable bonds is 4. The summed E-state index contributed by atoms with van der Waals surface area (Å²) in [6.07, 6.45) is 10.7. The van der Waals surface area contributed by atoms with Crippen LogP contribution >= 0.6 is 23.1 Å². The summed E-state index contributed by atoms with van der Waals surface area (Å²) >= 11 is 3.40. The molecule has 0 bridgehead atoms. The van der Waals surface area contributed by atoms with Gasteiger partial charge in [0.25, 0.3) is 0 Å². The maximum Gasteiger partial charge on any atom is 0.235 e. The maximum absolute atomic E-state index is 12.2. The van der Waals surface area contributed by atoms with E-state index in [4.69, 9.17) is 0 Å². The van der Waals surface area contributed by atoms with Gasteiger partial charge in [0.1, 0.15) is 11.1 Å². The van der Waals surface area contributed by atoms with Crippen LogP contribution in [0.2, 0.25) is 0 Å². The smallest absolute Gasteiger partial charge is 0.235 e. The molecule has 1 amide bonds. The summed E-state index contributed by atoms with van der Waals surface area (Å²) < 4.78 is 0. The molecular formula is C17H22N2OS2. The first-order valence-corrected chi connectivity index (χ1v) is 10.1. The molecule has 0 spiro atoms. The molecular weight excluding hydrogens is 312 g/mol. The molecule has 0 aromatic carbocycles. The van der Waals surface area contributed by atoms with Crippen molar-refractivity contribution in [2.45, 2.75) is 63.0 Å². The Bertz CT molecular complexity index is 582. The van der Waals surface area contributed by atoms with Crippen LogP contribution in [0.3, 0.4) is 0 Å². The van der Waals surface area contributed by atoms with Crippen molar-refractivity contribution in [1.29, 1.82) is 5.26 Å². The molecule has 0 saturated heterocycles. The number of aryl methyl sites for hydroxylation is 1. The molecule has 3 rings (SSSR count). The Morgan fingerprint density at radius 1 is 1.23 bits per heavy atom. The standard InChI is InChI=1S/C17H22N2OS2/c18-10-14-13-8-2-1-3-9-15(13)22-17(14)19-16(20)11-21-12-6-4-5-7-12/h12H,1-9,11H2,(H,19,20). The minimum absolute atomic E-state index is 0.0461. The van der Waals surface area contributed by atoms with Gasteiger partial charge in [-0.15, -0.1) is 23.1 Å². The summed E-state index contributed by atoms with van der Waals surface area (Å²) in [4.78, 5) is 13.5. The van der Waals surface area contributed by atoms with E-state index in [1.165, 1.54) is 49.0 Å². The highest BCUT2D eigenvalue weighted by molar-refractivity contribution is 8.00. The van der Waals surface area contributed by atoms with Crippen molar-refractivity contribution < 1.29 is 4.79 Å². The molecule has 0 atom stereocenters. The van der Waals surface area contributed by atoms with E-state index in [9.17, 15) is 10.1 Å². The van der Waals surface area contributed by atoms with E-state index in [1.807, 2.05) is 0 Å². The average Bonchev–Trinajstić information content (AvgIpc) is 3.08. The van der Waals surface area contributed by atoms with Crippen LogP contribution in [0, 0.1) is 11.3 Å². The third-order valence-electron chi connectivity index (χ3n) is 4.54. The number of nitriles is 1. The number of thioether (sulfide) groups is 1. The third-order valence-corrected chi connectivity index (χ3v) is 7.12. The van der Waals surface area contributed by atoms with Crippen molar-refractivity contribution in [3.63, 3.8) is 0 Å². The van der Waals surface area contributed by atoms with Crippen LogP contribution in [-0.2, 0) is 17.6 Å². The van der Waals surface area contributed by atoms with E-state index in [2.05, 4.69) is 11.4 Å². The summed E-state index contributed by atoms with van der Waals surface area (Å²) in [6, 6.07) is 2.32. The number of amides is 1. The molecule has 5 heteroatoms. The van der Waals surface area contributed by atoms with Gasteiger partial charge in [0.05, 0.1) is 11.3 Å². The van der Waals surface area contributed by atoms with Crippen LogP contribution in [0.1, 0.15) is 60.9 Å². The molecule has 118 valence electrons. The van der Waals surface area contributed by atoms with E-state index in [-0.39, 0.29) is 5.91 Å². The Hall–Kier alpha value is -0.990. The van der Waals surface area contributed by atoms with Crippen LogP contribution in [0.15, 0.2) is 0 Å². The van der Waals surface area contributed by atoms with E-state index in [0.717, 1.165) is 29.8 Å². The SMILES string of the molecule is N#Cc1c(NC(=O)CSC2CCCC2)sc2c1CCCCC2. The number of hydrogen-bond donors (Lipinski definition) is 1. The fourth-order valence-corrected chi connectivity index (χ4v) is 5.74. The van der Waals surface area contributed by atoms with Crippen molar-refractivity contribution in [2.24, 2.45) is 0 Å². The van der Waals surface area contributed by atoms with Gasteiger partial charge in [-0.1, -0.05) is 19.3 Å². The second kappa shape index (κ2) is 7.52. The minimum atomic E-state index is 0.0461. The number of nitrogens with zero attached hydrogens (tertiary/aromatic N) is 1. The van der Waals surface area contributed by atoms with E-state index >= 15 is 0 Å². The van der Waals surface area contributed by atoms with E-state index in [0.29, 0.717) is 11.0 Å². The van der Waals surface area contributed by atoms with E-state index < -0.39 is 0 Å². The van der Waals surface area contributed by atoms with E-state index in [1.54, 1.807) is 23.1 Å². The summed E-state index contributed by atoms with van der Waals surface area (Å²) in [6.45, 7) is 0. The molecule has 1 fully saturated rings. The number of fused-ring (bicyclic) bond motifs is 1. The number of thiophene rings is 1. The van der Waals surface area contributed by atoms with Gasteiger partial charge in [-0.2, -0.15) is 5.26 Å². The summed E-state index contributed by atoms with van der Waals surface area (Å²) in [7, 11) is 0. The second-order valence-electron chi connectivity index (χ2n) is 6.15. The normalized spacial score (nSPS) is 18.5. The first-order chi connectivity index (χ1) is 10.8. The zero-order valence-corrected chi connectivity index (χ0v) is 14.5. The zero-order chi connectivity index (χ0) is 15.4. The molecule has 0 radical (unpaired) electrons. The Kier molecular flexibility index (Phi) is 5.43. The Morgan fingerprint density at radius 3 is 2.77 bits per heavy atom. The molecule has 3 nitrogen and oxygen atoms in total. The third kappa shape index (κ3) is 3.67. The van der Waals surface area contributed by atoms with Gasteiger partial charge >= 0.3 is 0 Å². The highest BCUT2D eigenvalue weighted by atomic mass is 32.2. The largest absolute Gasteiger partial charge is 0.316 e. The zero-order valence-electron chi connectivity index (χ0n) is 12.8. The van der Waals surface area contributed by atoms with Gasteiger partial charge in [-0.25, -0.2) is 0 Å². The topological polar surface area (TPSA) is 52.9 Å². The molecule has 1 N–H and O–H groups in total. The number of nitrogens with one attached hydrogen (secondary N) is 1. The van der Waals surface area contributed by atoms with Gasteiger partial charge in [-0.3, -0.25) is 4.79 Å². The fourth-order valence-electron chi connectivity index (χ4n) is 3.36. The highest BCUT2D eigenvalue weighted by Crippen LogP contribution is 2.37. The Labute approximate surface area is 140 Å². The van der Waals surface area contributed by atoms with Crippen LogP contribution in [0.25, 0.3) is 0 Å². The number of anilines is 1. The molecule has 2 aliphatic rings. The van der Waals surface area contributed by atoms with Gasteiger partial charge in [-0.05, 0) is 44.1 Å². The lowest BCUT2D eigenvalue weighted by Gasteiger charge is -2.08. The lowest BCUT2D eigenvalue weighted by Crippen LogP contribution is -2.15. The molecule has 2 aliphatic carbocycles. The molecule has 0 unspecified atom stereocenters. The first kappa shape index (κ1) is 15.9. The highest BCUT2D eigenvalue weighted by Gasteiger charge is 2.22. The van der Waals surface area contributed by atoms with Crippen molar-refractivity contribution in [3.8, 4) is 6.07 Å². The fraction of sp³-hybridized carbons (Fsp3) is 0.647. The van der Waals surface area contributed by atoms with Gasteiger partial charge in [0.2, 0.25) is 5.91 Å². The van der Waals surface area contributed by atoms with Crippen molar-refractivity contribution in [3.05, 3.63) is 16.0 Å². The van der Waals surface area contributed by atoms with Gasteiger partial charge < -0.3 is 5.32 Å². The minimum Gasteiger partial charge on any atom is -0.316 e.